The predicted octanol–water partition coefficient (Wildman–Crippen LogP) is 4.43. The van der Waals surface area contributed by atoms with Crippen LogP contribution in [0.15, 0.2) is 65.8 Å². The van der Waals surface area contributed by atoms with Crippen molar-refractivity contribution in [3.63, 3.8) is 0 Å². The fourth-order valence-electron chi connectivity index (χ4n) is 2.41. The summed E-state index contributed by atoms with van der Waals surface area (Å²) in [5.41, 5.74) is 3.03. The van der Waals surface area contributed by atoms with Crippen LogP contribution < -0.4 is 0 Å². The van der Waals surface area contributed by atoms with Crippen LogP contribution in [0.2, 0.25) is 0 Å². The Bertz CT molecular complexity index is 594. The van der Waals surface area contributed by atoms with Crippen LogP contribution in [0.3, 0.4) is 0 Å². The van der Waals surface area contributed by atoms with Crippen LogP contribution in [0, 0.1) is 0 Å². The number of benzene rings is 2. The number of carbonyl (C=O) groups is 1. The molecule has 2 aromatic carbocycles. The van der Waals surface area contributed by atoms with Gasteiger partial charge in [-0.05, 0) is 17.5 Å². The van der Waals surface area contributed by atoms with Crippen molar-refractivity contribution in [2.24, 2.45) is 5.10 Å². The Morgan fingerprint density at radius 2 is 1.30 bits per heavy atom. The van der Waals surface area contributed by atoms with Gasteiger partial charge in [0, 0.05) is 6.42 Å². The van der Waals surface area contributed by atoms with Crippen LogP contribution in [0.4, 0.5) is 0 Å². The normalized spacial score (nSPS) is 11.3. The summed E-state index contributed by atoms with van der Waals surface area (Å²) in [4.78, 5) is 12.0. The molecule has 0 aromatic heterocycles. The molecule has 120 valence electrons. The van der Waals surface area contributed by atoms with Crippen LogP contribution in [-0.4, -0.2) is 16.5 Å². The minimum atomic E-state index is 0.124. The lowest BCUT2D eigenvalue weighted by atomic mass is 10.1. The predicted molar refractivity (Wildman–Crippen MR) is 95.2 cm³/mol. The van der Waals surface area contributed by atoms with Crippen LogP contribution in [0.5, 0.6) is 0 Å². The second-order valence-corrected chi connectivity index (χ2v) is 5.47. The van der Waals surface area contributed by atoms with Gasteiger partial charge in [0.15, 0.2) is 5.78 Å². The summed E-state index contributed by atoms with van der Waals surface area (Å²) < 4.78 is 0. The largest absolute Gasteiger partial charge is 0.293 e. The quantitative estimate of drug-likeness (QED) is 0.533. The van der Waals surface area contributed by atoms with Crippen molar-refractivity contribution >= 4 is 11.5 Å². The van der Waals surface area contributed by atoms with Crippen molar-refractivity contribution in [2.45, 2.75) is 39.8 Å². The zero-order chi connectivity index (χ0) is 16.5. The van der Waals surface area contributed by atoms with Crippen molar-refractivity contribution < 1.29 is 4.79 Å². The van der Waals surface area contributed by atoms with E-state index in [-0.39, 0.29) is 5.78 Å². The van der Waals surface area contributed by atoms with Crippen molar-refractivity contribution in [2.75, 3.05) is 0 Å². The van der Waals surface area contributed by atoms with Gasteiger partial charge < -0.3 is 0 Å². The molecule has 2 aromatic rings. The molecule has 0 amide bonds. The zero-order valence-corrected chi connectivity index (χ0v) is 13.9. The number of ketones is 1. The van der Waals surface area contributed by atoms with E-state index in [2.05, 4.69) is 29.4 Å². The summed E-state index contributed by atoms with van der Waals surface area (Å²) in [5, 5.41) is 6.64. The van der Waals surface area contributed by atoms with Gasteiger partial charge >= 0.3 is 0 Å². The number of carbonyl (C=O) groups excluding carboxylic acids is 1. The summed E-state index contributed by atoms with van der Waals surface area (Å²) in [7, 11) is 0. The van der Waals surface area contributed by atoms with Crippen molar-refractivity contribution in [3.05, 3.63) is 71.8 Å². The molecule has 0 saturated heterocycles. The molecule has 0 aliphatic heterocycles. The van der Waals surface area contributed by atoms with E-state index >= 15 is 0 Å². The number of hydrogen-bond donors (Lipinski definition) is 0. The van der Waals surface area contributed by atoms with Gasteiger partial charge in [0.2, 0.25) is 0 Å². The molecule has 0 radical (unpaired) electrons. The Balaban J connectivity index is 2.23. The van der Waals surface area contributed by atoms with Gasteiger partial charge in [-0.3, -0.25) is 9.80 Å². The Hall–Kier alpha value is -2.42. The lowest BCUT2D eigenvalue weighted by Crippen LogP contribution is -2.22. The fraction of sp³-hybridized carbons (Fsp3) is 0.300. The Morgan fingerprint density at radius 3 is 1.70 bits per heavy atom. The van der Waals surface area contributed by atoms with Gasteiger partial charge in [-0.15, -0.1) is 0 Å². The molecule has 3 nitrogen and oxygen atoms in total. The monoisotopic (exact) mass is 308 g/mol. The number of Topliss-reactive ketones (excluding diaryl/α,β-unsaturated/α-hetero) is 1. The van der Waals surface area contributed by atoms with Crippen molar-refractivity contribution in [1.29, 1.82) is 0 Å². The Labute approximate surface area is 138 Å². The molecule has 0 atom stereocenters. The molecule has 0 saturated carbocycles. The van der Waals surface area contributed by atoms with Gasteiger partial charge in [0.25, 0.3) is 0 Å². The van der Waals surface area contributed by atoms with Crippen molar-refractivity contribution in [1.82, 2.24) is 5.01 Å². The Kier molecular flexibility index (Phi) is 6.55. The van der Waals surface area contributed by atoms with Gasteiger partial charge in [0.05, 0.1) is 13.1 Å². The van der Waals surface area contributed by atoms with E-state index in [0.29, 0.717) is 31.6 Å². The van der Waals surface area contributed by atoms with Crippen LogP contribution >= 0.6 is 0 Å². The molecule has 0 spiro atoms. The lowest BCUT2D eigenvalue weighted by Gasteiger charge is -2.21. The third-order valence-corrected chi connectivity index (χ3v) is 3.66. The molecule has 0 unspecified atom stereocenters. The lowest BCUT2D eigenvalue weighted by molar-refractivity contribution is -0.112. The maximum Gasteiger partial charge on any atom is 0.178 e. The topological polar surface area (TPSA) is 32.7 Å². The summed E-state index contributed by atoms with van der Waals surface area (Å²) in [6, 6.07) is 20.5. The second kappa shape index (κ2) is 8.89. The summed E-state index contributed by atoms with van der Waals surface area (Å²) in [5.74, 6) is 0.124. The van der Waals surface area contributed by atoms with Gasteiger partial charge in [-0.25, -0.2) is 0 Å². The highest BCUT2D eigenvalue weighted by Gasteiger charge is 2.11. The standard InChI is InChI=1S/C20H24N2O/c1-3-19(20(23)4-2)21-22(15-17-11-7-5-8-12-17)16-18-13-9-6-10-14-18/h5-14H,3-4,15-16H2,1-2H3/b21-19+. The first-order chi connectivity index (χ1) is 11.2. The molecular weight excluding hydrogens is 284 g/mol. The zero-order valence-electron chi connectivity index (χ0n) is 13.9. The highest BCUT2D eigenvalue weighted by atomic mass is 16.1. The van der Waals surface area contributed by atoms with Gasteiger partial charge in [-0.2, -0.15) is 5.10 Å². The number of hydrazone groups is 1. The van der Waals surface area contributed by atoms with Crippen LogP contribution in [-0.2, 0) is 17.9 Å². The molecule has 0 heterocycles. The molecule has 23 heavy (non-hydrogen) atoms. The van der Waals surface area contributed by atoms with Crippen LogP contribution in [0.25, 0.3) is 0 Å². The summed E-state index contributed by atoms with van der Waals surface area (Å²) in [6.07, 6.45) is 1.16. The molecule has 3 heteroatoms. The summed E-state index contributed by atoms with van der Waals surface area (Å²) >= 11 is 0. The number of rotatable bonds is 8. The first-order valence-corrected chi connectivity index (χ1v) is 8.16. The van der Waals surface area contributed by atoms with Crippen LogP contribution in [0.1, 0.15) is 37.8 Å². The molecule has 0 N–H and O–H groups in total. The molecule has 0 aliphatic rings. The average molecular weight is 308 g/mol. The first kappa shape index (κ1) is 16.9. The second-order valence-electron chi connectivity index (χ2n) is 5.47. The van der Waals surface area contributed by atoms with E-state index < -0.39 is 0 Å². The molecule has 2 rings (SSSR count). The van der Waals surface area contributed by atoms with E-state index in [1.807, 2.05) is 55.3 Å². The minimum absolute atomic E-state index is 0.124. The third kappa shape index (κ3) is 5.37. The van der Waals surface area contributed by atoms with E-state index in [9.17, 15) is 4.79 Å². The molecular formula is C20H24N2O. The van der Waals surface area contributed by atoms with Crippen molar-refractivity contribution in [3.8, 4) is 0 Å². The van der Waals surface area contributed by atoms with E-state index in [1.165, 1.54) is 11.1 Å². The molecule has 0 fully saturated rings. The molecule has 0 aliphatic carbocycles. The van der Waals surface area contributed by atoms with Gasteiger partial charge in [0.1, 0.15) is 5.71 Å². The Morgan fingerprint density at radius 1 is 0.826 bits per heavy atom. The van der Waals surface area contributed by atoms with Gasteiger partial charge in [-0.1, -0.05) is 74.5 Å². The number of nitrogens with zero attached hydrogens (tertiary/aromatic N) is 2. The molecule has 0 bridgehead atoms. The average Bonchev–Trinajstić information content (AvgIpc) is 2.60. The third-order valence-electron chi connectivity index (χ3n) is 3.66. The maximum absolute atomic E-state index is 12.0. The van der Waals surface area contributed by atoms with E-state index in [4.69, 9.17) is 0 Å². The SMILES string of the molecule is CCC(=O)/C(CC)=N/N(Cc1ccccc1)Cc1ccccc1. The van der Waals surface area contributed by atoms with E-state index in [1.54, 1.807) is 0 Å². The highest BCUT2D eigenvalue weighted by Crippen LogP contribution is 2.11. The highest BCUT2D eigenvalue weighted by molar-refractivity contribution is 6.39. The van der Waals surface area contributed by atoms with E-state index in [0.717, 1.165) is 0 Å². The fourth-order valence-corrected chi connectivity index (χ4v) is 2.41. The maximum atomic E-state index is 12.0. The minimum Gasteiger partial charge on any atom is -0.293 e. The number of hydrogen-bond acceptors (Lipinski definition) is 3. The smallest absolute Gasteiger partial charge is 0.178 e. The summed E-state index contributed by atoms with van der Waals surface area (Å²) in [6.45, 7) is 5.24. The first-order valence-electron chi connectivity index (χ1n) is 8.16.